The van der Waals surface area contributed by atoms with Gasteiger partial charge < -0.3 is 10.6 Å². The summed E-state index contributed by atoms with van der Waals surface area (Å²) in [5.74, 6) is -0.144. The first-order valence-corrected chi connectivity index (χ1v) is 8.70. The Bertz CT molecular complexity index is 711. The van der Waals surface area contributed by atoms with Gasteiger partial charge in [-0.15, -0.1) is 0 Å². The Labute approximate surface area is 144 Å². The van der Waals surface area contributed by atoms with Crippen LogP contribution in [-0.2, 0) is 0 Å². The summed E-state index contributed by atoms with van der Waals surface area (Å²) in [4.78, 5) is 16.6. The number of nitrogens with one attached hydrogen (secondary N) is 2. The summed E-state index contributed by atoms with van der Waals surface area (Å²) in [6, 6.07) is 8.12. The number of hydrogen-bond donors (Lipinski definition) is 2. The number of carbonyl (C=O) groups is 1. The van der Waals surface area contributed by atoms with Gasteiger partial charge in [-0.2, -0.15) is 0 Å². The van der Waals surface area contributed by atoms with Crippen molar-refractivity contribution in [2.24, 2.45) is 0 Å². The van der Waals surface area contributed by atoms with Crippen molar-refractivity contribution in [2.45, 2.75) is 38.6 Å². The predicted octanol–water partition coefficient (Wildman–Crippen LogP) is 4.76. The van der Waals surface area contributed by atoms with Crippen molar-refractivity contribution in [3.8, 4) is 0 Å². The van der Waals surface area contributed by atoms with Gasteiger partial charge in [0.15, 0.2) is 0 Å². The number of aromatic nitrogens is 1. The first-order valence-electron chi connectivity index (χ1n) is 7.91. The monoisotopic (exact) mass is 373 g/mol. The van der Waals surface area contributed by atoms with Crippen molar-refractivity contribution in [2.75, 3.05) is 10.6 Å². The van der Waals surface area contributed by atoms with Gasteiger partial charge in [0.1, 0.15) is 0 Å². The van der Waals surface area contributed by atoms with Crippen molar-refractivity contribution in [1.29, 1.82) is 0 Å². The van der Waals surface area contributed by atoms with E-state index >= 15 is 0 Å². The first-order chi connectivity index (χ1) is 11.1. The van der Waals surface area contributed by atoms with Gasteiger partial charge in [-0.3, -0.25) is 9.78 Å². The molecule has 0 aliphatic heterocycles. The van der Waals surface area contributed by atoms with E-state index in [1.54, 1.807) is 12.4 Å². The SMILES string of the molecule is Cc1cc(NC(=O)c2cncc(NC3CCCC3)c2)ccc1Br. The third-order valence-electron chi connectivity index (χ3n) is 4.14. The Morgan fingerprint density at radius 3 is 2.70 bits per heavy atom. The molecule has 1 aromatic heterocycles. The van der Waals surface area contributed by atoms with Gasteiger partial charge in [0.25, 0.3) is 5.91 Å². The van der Waals surface area contributed by atoms with Crippen molar-refractivity contribution < 1.29 is 4.79 Å². The molecule has 1 saturated carbocycles. The molecule has 1 heterocycles. The zero-order chi connectivity index (χ0) is 16.2. The van der Waals surface area contributed by atoms with Crippen molar-refractivity contribution >= 4 is 33.2 Å². The number of halogens is 1. The number of rotatable bonds is 4. The molecule has 0 saturated heterocycles. The van der Waals surface area contributed by atoms with E-state index in [0.717, 1.165) is 21.4 Å². The second-order valence-electron chi connectivity index (χ2n) is 6.01. The fraction of sp³-hybridized carbons (Fsp3) is 0.333. The predicted molar refractivity (Wildman–Crippen MR) is 96.9 cm³/mol. The molecule has 120 valence electrons. The molecular weight excluding hydrogens is 354 g/mol. The molecule has 1 aromatic carbocycles. The molecule has 2 aromatic rings. The van der Waals surface area contributed by atoms with Gasteiger partial charge in [0.05, 0.1) is 11.3 Å². The van der Waals surface area contributed by atoms with E-state index in [9.17, 15) is 4.79 Å². The lowest BCUT2D eigenvalue weighted by atomic mass is 10.2. The number of carbonyl (C=O) groups excluding carboxylic acids is 1. The molecular formula is C18H20BrN3O. The number of amides is 1. The molecule has 2 N–H and O–H groups in total. The minimum absolute atomic E-state index is 0.144. The Morgan fingerprint density at radius 2 is 1.96 bits per heavy atom. The summed E-state index contributed by atoms with van der Waals surface area (Å²) in [6.45, 7) is 1.99. The van der Waals surface area contributed by atoms with Crippen LogP contribution in [0.5, 0.6) is 0 Å². The van der Waals surface area contributed by atoms with Crippen LogP contribution in [0.1, 0.15) is 41.6 Å². The van der Waals surface area contributed by atoms with Crippen LogP contribution in [0, 0.1) is 6.92 Å². The van der Waals surface area contributed by atoms with Crippen LogP contribution >= 0.6 is 15.9 Å². The molecule has 1 amide bonds. The Morgan fingerprint density at radius 1 is 1.17 bits per heavy atom. The van der Waals surface area contributed by atoms with Crippen molar-refractivity contribution in [1.82, 2.24) is 4.98 Å². The largest absolute Gasteiger partial charge is 0.381 e. The van der Waals surface area contributed by atoms with Crippen molar-refractivity contribution in [3.05, 3.63) is 52.3 Å². The van der Waals surface area contributed by atoms with Crippen LogP contribution in [0.15, 0.2) is 41.1 Å². The maximum absolute atomic E-state index is 12.4. The van der Waals surface area contributed by atoms with Crippen LogP contribution in [0.4, 0.5) is 11.4 Å². The lowest BCUT2D eigenvalue weighted by Gasteiger charge is -2.14. The van der Waals surface area contributed by atoms with Crippen LogP contribution in [0.25, 0.3) is 0 Å². The maximum Gasteiger partial charge on any atom is 0.257 e. The van der Waals surface area contributed by atoms with Gasteiger partial charge in [-0.05, 0) is 49.6 Å². The van der Waals surface area contributed by atoms with Gasteiger partial charge in [-0.25, -0.2) is 0 Å². The Balaban J connectivity index is 1.70. The molecule has 4 nitrogen and oxygen atoms in total. The third kappa shape index (κ3) is 4.10. The highest BCUT2D eigenvalue weighted by Gasteiger charge is 2.15. The standard InChI is InChI=1S/C18H20BrN3O/c1-12-8-15(6-7-17(12)19)22-18(23)13-9-16(11-20-10-13)21-14-4-2-3-5-14/h6-11,14,21H,2-5H2,1H3,(H,22,23). The van der Waals surface area contributed by atoms with Crippen molar-refractivity contribution in [3.63, 3.8) is 0 Å². The molecule has 1 fully saturated rings. The molecule has 0 bridgehead atoms. The van der Waals surface area contributed by atoms with E-state index < -0.39 is 0 Å². The lowest BCUT2D eigenvalue weighted by molar-refractivity contribution is 0.102. The molecule has 0 atom stereocenters. The number of benzene rings is 1. The summed E-state index contributed by atoms with van der Waals surface area (Å²) >= 11 is 3.46. The second kappa shape index (κ2) is 7.13. The summed E-state index contributed by atoms with van der Waals surface area (Å²) < 4.78 is 1.03. The maximum atomic E-state index is 12.4. The van der Waals surface area contributed by atoms with E-state index in [1.807, 2.05) is 31.2 Å². The van der Waals surface area contributed by atoms with E-state index in [0.29, 0.717) is 11.6 Å². The van der Waals surface area contributed by atoms with E-state index in [1.165, 1.54) is 25.7 Å². The minimum atomic E-state index is -0.144. The Hall–Kier alpha value is -1.88. The molecule has 1 aliphatic rings. The lowest BCUT2D eigenvalue weighted by Crippen LogP contribution is -2.16. The highest BCUT2D eigenvalue weighted by Crippen LogP contribution is 2.23. The molecule has 0 spiro atoms. The zero-order valence-electron chi connectivity index (χ0n) is 13.1. The van der Waals surface area contributed by atoms with E-state index in [2.05, 4.69) is 31.5 Å². The molecule has 0 unspecified atom stereocenters. The summed E-state index contributed by atoms with van der Waals surface area (Å²) in [7, 11) is 0. The number of hydrogen-bond acceptors (Lipinski definition) is 3. The number of anilines is 2. The fourth-order valence-corrected chi connectivity index (χ4v) is 3.12. The number of pyridine rings is 1. The molecule has 3 rings (SSSR count). The van der Waals surface area contributed by atoms with E-state index in [4.69, 9.17) is 0 Å². The fourth-order valence-electron chi connectivity index (χ4n) is 2.87. The van der Waals surface area contributed by atoms with Crippen LogP contribution in [0.2, 0.25) is 0 Å². The van der Waals surface area contributed by atoms with Crippen LogP contribution in [-0.4, -0.2) is 16.9 Å². The topological polar surface area (TPSA) is 54.0 Å². The quantitative estimate of drug-likeness (QED) is 0.811. The minimum Gasteiger partial charge on any atom is -0.381 e. The third-order valence-corrected chi connectivity index (χ3v) is 5.03. The smallest absolute Gasteiger partial charge is 0.257 e. The zero-order valence-corrected chi connectivity index (χ0v) is 14.7. The summed E-state index contributed by atoms with van der Waals surface area (Å²) in [6.07, 6.45) is 8.30. The highest BCUT2D eigenvalue weighted by molar-refractivity contribution is 9.10. The number of nitrogens with zero attached hydrogens (tertiary/aromatic N) is 1. The van der Waals surface area contributed by atoms with Crippen LogP contribution < -0.4 is 10.6 Å². The van der Waals surface area contributed by atoms with Gasteiger partial charge >= 0.3 is 0 Å². The normalized spacial score (nSPS) is 14.7. The average Bonchev–Trinajstić information content (AvgIpc) is 3.04. The van der Waals surface area contributed by atoms with Gasteiger partial charge in [0.2, 0.25) is 0 Å². The van der Waals surface area contributed by atoms with Gasteiger partial charge in [0, 0.05) is 28.6 Å². The molecule has 23 heavy (non-hydrogen) atoms. The molecule has 0 radical (unpaired) electrons. The molecule has 5 heteroatoms. The van der Waals surface area contributed by atoms with Gasteiger partial charge in [-0.1, -0.05) is 28.8 Å². The second-order valence-corrected chi connectivity index (χ2v) is 6.86. The number of aryl methyl sites for hydroxylation is 1. The van der Waals surface area contributed by atoms with E-state index in [-0.39, 0.29) is 5.91 Å². The summed E-state index contributed by atoms with van der Waals surface area (Å²) in [5.41, 5.74) is 3.34. The summed E-state index contributed by atoms with van der Waals surface area (Å²) in [5, 5.41) is 6.39. The average molecular weight is 374 g/mol. The Kier molecular flexibility index (Phi) is 4.96. The highest BCUT2D eigenvalue weighted by atomic mass is 79.9. The first kappa shape index (κ1) is 16.0. The van der Waals surface area contributed by atoms with Crippen LogP contribution in [0.3, 0.4) is 0 Å². The molecule has 1 aliphatic carbocycles.